The highest BCUT2D eigenvalue weighted by atomic mass is 32.2. The van der Waals surface area contributed by atoms with Gasteiger partial charge in [-0.15, -0.1) is 11.8 Å². The highest BCUT2D eigenvalue weighted by Gasteiger charge is 2.21. The van der Waals surface area contributed by atoms with E-state index in [-0.39, 0.29) is 17.3 Å². The molecular weight excluding hydrogens is 211 g/mol. The molecule has 0 fully saturated rings. The minimum absolute atomic E-state index is 0.125. The third-order valence-electron chi connectivity index (χ3n) is 2.20. The first-order valence-electron chi connectivity index (χ1n) is 4.96. The van der Waals surface area contributed by atoms with Gasteiger partial charge in [0.05, 0.1) is 6.10 Å². The number of hydrogen-bond donors (Lipinski definition) is 1. The van der Waals surface area contributed by atoms with E-state index in [1.807, 2.05) is 26.8 Å². The molecule has 3 heteroatoms. The lowest BCUT2D eigenvalue weighted by Crippen LogP contribution is -2.28. The maximum Gasteiger partial charge on any atom is 0.124 e. The number of halogens is 1. The van der Waals surface area contributed by atoms with Crippen molar-refractivity contribution >= 4 is 11.8 Å². The molecule has 1 aromatic carbocycles. The molecule has 1 N–H and O–H groups in total. The highest BCUT2D eigenvalue weighted by molar-refractivity contribution is 7.99. The van der Waals surface area contributed by atoms with Crippen LogP contribution in [-0.2, 0) is 0 Å². The number of rotatable bonds is 3. The van der Waals surface area contributed by atoms with Crippen molar-refractivity contribution in [2.45, 2.75) is 31.8 Å². The zero-order chi connectivity index (χ0) is 11.5. The van der Waals surface area contributed by atoms with Crippen LogP contribution >= 0.6 is 11.8 Å². The monoisotopic (exact) mass is 228 g/mol. The molecule has 1 rings (SSSR count). The normalized spacial score (nSPS) is 13.9. The van der Waals surface area contributed by atoms with Crippen molar-refractivity contribution < 1.29 is 9.50 Å². The predicted molar refractivity (Wildman–Crippen MR) is 62.6 cm³/mol. The van der Waals surface area contributed by atoms with Crippen LogP contribution in [0, 0.1) is 11.2 Å². The Morgan fingerprint density at radius 3 is 2.60 bits per heavy atom. The van der Waals surface area contributed by atoms with Gasteiger partial charge in [-0.1, -0.05) is 26.8 Å². The van der Waals surface area contributed by atoms with Gasteiger partial charge in [0, 0.05) is 10.6 Å². The summed E-state index contributed by atoms with van der Waals surface area (Å²) in [5.74, 6) is 0.359. The Bertz CT molecular complexity index is 320. The lowest BCUT2D eigenvalue weighted by Gasteiger charge is -2.25. The Hall–Kier alpha value is -0.540. The van der Waals surface area contributed by atoms with E-state index in [1.54, 1.807) is 6.07 Å². The van der Waals surface area contributed by atoms with Crippen LogP contribution in [0.25, 0.3) is 0 Å². The third kappa shape index (κ3) is 4.22. The molecule has 84 valence electrons. The van der Waals surface area contributed by atoms with Crippen molar-refractivity contribution in [2.75, 3.05) is 5.75 Å². The lowest BCUT2D eigenvalue weighted by molar-refractivity contribution is 0.0843. The molecule has 15 heavy (non-hydrogen) atoms. The van der Waals surface area contributed by atoms with Gasteiger partial charge in [-0.05, 0) is 23.6 Å². The summed E-state index contributed by atoms with van der Waals surface area (Å²) in [6, 6.07) is 6.44. The van der Waals surface area contributed by atoms with Crippen LogP contribution in [0.2, 0.25) is 0 Å². The Balaban J connectivity index is 2.51. The average Bonchev–Trinajstić information content (AvgIpc) is 2.12. The molecular formula is C12H17FOS. The van der Waals surface area contributed by atoms with E-state index >= 15 is 0 Å². The Kier molecular flexibility index (Phi) is 4.17. The van der Waals surface area contributed by atoms with Crippen molar-refractivity contribution in [3.63, 3.8) is 0 Å². The van der Waals surface area contributed by atoms with Gasteiger partial charge in [-0.2, -0.15) is 0 Å². The number of thioether (sulfide) groups is 1. The third-order valence-corrected chi connectivity index (χ3v) is 3.27. The van der Waals surface area contributed by atoms with Gasteiger partial charge in [-0.25, -0.2) is 4.39 Å². The Morgan fingerprint density at radius 1 is 1.40 bits per heavy atom. The van der Waals surface area contributed by atoms with Gasteiger partial charge in [0.1, 0.15) is 5.82 Å². The fourth-order valence-electron chi connectivity index (χ4n) is 0.982. The molecule has 0 aliphatic rings. The minimum Gasteiger partial charge on any atom is -0.392 e. The molecule has 0 aliphatic heterocycles. The number of aliphatic hydroxyl groups excluding tert-OH is 1. The summed E-state index contributed by atoms with van der Waals surface area (Å²) < 4.78 is 12.8. The maximum absolute atomic E-state index is 12.8. The van der Waals surface area contributed by atoms with Crippen LogP contribution in [0.15, 0.2) is 29.2 Å². The number of benzene rings is 1. The largest absolute Gasteiger partial charge is 0.392 e. The summed E-state index contributed by atoms with van der Waals surface area (Å²) in [6.07, 6.45) is -0.384. The topological polar surface area (TPSA) is 20.2 Å². The standard InChI is InChI=1S/C12H17FOS/c1-12(2,3)11(14)8-15-10-6-4-5-9(13)7-10/h4-7,11,14H,8H2,1-3H3. The molecule has 0 bridgehead atoms. The number of aliphatic hydroxyl groups is 1. The van der Waals surface area contributed by atoms with Gasteiger partial charge in [0.2, 0.25) is 0 Å². The Morgan fingerprint density at radius 2 is 2.07 bits per heavy atom. The molecule has 1 atom stereocenters. The van der Waals surface area contributed by atoms with E-state index in [2.05, 4.69) is 0 Å². The first-order chi connectivity index (χ1) is 6.89. The van der Waals surface area contributed by atoms with E-state index < -0.39 is 0 Å². The van der Waals surface area contributed by atoms with Gasteiger partial charge >= 0.3 is 0 Å². The van der Waals surface area contributed by atoms with Gasteiger partial charge in [-0.3, -0.25) is 0 Å². The molecule has 0 saturated carbocycles. The van der Waals surface area contributed by atoms with E-state index in [4.69, 9.17) is 0 Å². The molecule has 0 radical (unpaired) electrons. The summed E-state index contributed by atoms with van der Waals surface area (Å²) in [5, 5.41) is 9.80. The summed E-state index contributed by atoms with van der Waals surface area (Å²) in [5.41, 5.74) is -0.125. The summed E-state index contributed by atoms with van der Waals surface area (Å²) in [4.78, 5) is 0.860. The molecule has 0 spiro atoms. The molecule has 1 nitrogen and oxygen atoms in total. The molecule has 0 heterocycles. The smallest absolute Gasteiger partial charge is 0.124 e. The summed E-state index contributed by atoms with van der Waals surface area (Å²) >= 11 is 1.48. The second-order valence-corrected chi connectivity index (χ2v) is 5.74. The predicted octanol–water partition coefficient (Wildman–Crippen LogP) is 3.32. The van der Waals surface area contributed by atoms with Crippen molar-refractivity contribution in [1.82, 2.24) is 0 Å². The first kappa shape index (κ1) is 12.5. The Labute approximate surface area is 94.7 Å². The first-order valence-corrected chi connectivity index (χ1v) is 5.94. The SMILES string of the molecule is CC(C)(C)C(O)CSc1cccc(F)c1. The van der Waals surface area contributed by atoms with Crippen molar-refractivity contribution in [1.29, 1.82) is 0 Å². The average molecular weight is 228 g/mol. The second-order valence-electron chi connectivity index (χ2n) is 4.65. The number of hydrogen-bond acceptors (Lipinski definition) is 2. The van der Waals surface area contributed by atoms with Crippen molar-refractivity contribution in [3.05, 3.63) is 30.1 Å². The fraction of sp³-hybridized carbons (Fsp3) is 0.500. The van der Waals surface area contributed by atoms with E-state index in [9.17, 15) is 9.50 Å². The van der Waals surface area contributed by atoms with Crippen LogP contribution in [0.5, 0.6) is 0 Å². The van der Waals surface area contributed by atoms with E-state index in [0.717, 1.165) is 4.90 Å². The van der Waals surface area contributed by atoms with Gasteiger partial charge < -0.3 is 5.11 Å². The molecule has 1 unspecified atom stereocenters. The van der Waals surface area contributed by atoms with Gasteiger partial charge in [0.25, 0.3) is 0 Å². The van der Waals surface area contributed by atoms with Crippen molar-refractivity contribution in [3.8, 4) is 0 Å². The van der Waals surface area contributed by atoms with Crippen LogP contribution in [0.1, 0.15) is 20.8 Å². The zero-order valence-corrected chi connectivity index (χ0v) is 10.1. The molecule has 0 saturated heterocycles. The zero-order valence-electron chi connectivity index (χ0n) is 9.33. The summed E-state index contributed by atoms with van der Waals surface area (Å²) in [7, 11) is 0. The van der Waals surface area contributed by atoms with Crippen LogP contribution in [0.4, 0.5) is 4.39 Å². The van der Waals surface area contributed by atoms with Crippen LogP contribution in [-0.4, -0.2) is 17.0 Å². The van der Waals surface area contributed by atoms with E-state index in [0.29, 0.717) is 5.75 Å². The second kappa shape index (κ2) is 4.99. The van der Waals surface area contributed by atoms with E-state index in [1.165, 1.54) is 23.9 Å². The minimum atomic E-state index is -0.384. The molecule has 1 aromatic rings. The highest BCUT2D eigenvalue weighted by Crippen LogP contribution is 2.26. The quantitative estimate of drug-likeness (QED) is 0.801. The molecule has 0 amide bonds. The summed E-state index contributed by atoms with van der Waals surface area (Å²) in [6.45, 7) is 5.97. The fourth-order valence-corrected chi connectivity index (χ4v) is 2.20. The molecule has 0 aliphatic carbocycles. The van der Waals surface area contributed by atoms with Crippen LogP contribution in [0.3, 0.4) is 0 Å². The van der Waals surface area contributed by atoms with Gasteiger partial charge in [0.15, 0.2) is 0 Å². The lowest BCUT2D eigenvalue weighted by atomic mass is 9.90. The maximum atomic E-state index is 12.8. The van der Waals surface area contributed by atoms with Crippen molar-refractivity contribution in [2.24, 2.45) is 5.41 Å². The molecule has 0 aromatic heterocycles. The van der Waals surface area contributed by atoms with Crippen LogP contribution < -0.4 is 0 Å².